The molecule has 1 aliphatic rings. The lowest BCUT2D eigenvalue weighted by molar-refractivity contribution is -0.731. The molecule has 0 radical (unpaired) electrons. The molecule has 156 valence electrons. The molecule has 4 nitrogen and oxygen atoms in total. The molecule has 0 unspecified atom stereocenters. The zero-order valence-corrected chi connectivity index (χ0v) is 18.3. The van der Waals surface area contributed by atoms with Crippen LogP contribution < -0.4 is 4.57 Å². The van der Waals surface area contributed by atoms with Crippen LogP contribution in [0.15, 0.2) is 79.1 Å². The molecule has 0 aliphatic carbocycles. The van der Waals surface area contributed by atoms with Crippen LogP contribution in [0.3, 0.4) is 0 Å². The topological polar surface area (TPSA) is 41.9 Å². The molecule has 0 fully saturated rings. The van der Waals surface area contributed by atoms with Gasteiger partial charge in [0.15, 0.2) is 0 Å². The highest BCUT2D eigenvalue weighted by atomic mass is 16.3. The highest BCUT2D eigenvalue weighted by Crippen LogP contribution is 2.41. The summed E-state index contributed by atoms with van der Waals surface area (Å²) in [7, 11) is 0. The number of benzene rings is 3. The summed E-state index contributed by atoms with van der Waals surface area (Å²) in [4.78, 5) is 0. The van der Waals surface area contributed by atoms with E-state index in [-0.39, 0.29) is 6.04 Å². The van der Waals surface area contributed by atoms with Gasteiger partial charge in [0.1, 0.15) is 17.3 Å². The van der Waals surface area contributed by atoms with Crippen molar-refractivity contribution in [3.05, 3.63) is 113 Å². The van der Waals surface area contributed by atoms with E-state index in [1.54, 1.807) is 0 Å². The molecular formula is C27H28N3O+. The van der Waals surface area contributed by atoms with E-state index in [1.165, 1.54) is 16.7 Å². The van der Waals surface area contributed by atoms with Crippen molar-refractivity contribution in [1.29, 1.82) is 0 Å². The molecule has 31 heavy (non-hydrogen) atoms. The van der Waals surface area contributed by atoms with E-state index in [2.05, 4.69) is 43.8 Å². The summed E-state index contributed by atoms with van der Waals surface area (Å²) in [5.41, 5.74) is 5.46. The van der Waals surface area contributed by atoms with E-state index in [1.807, 2.05) is 65.3 Å². The number of aliphatic hydroxyl groups is 1. The van der Waals surface area contributed by atoms with Crippen molar-refractivity contribution in [1.82, 2.24) is 9.78 Å². The first-order valence-electron chi connectivity index (χ1n) is 10.9. The Balaban J connectivity index is 1.65. The summed E-state index contributed by atoms with van der Waals surface area (Å²) in [5, 5.41) is 17.2. The Morgan fingerprint density at radius 3 is 2.00 bits per heavy atom. The van der Waals surface area contributed by atoms with E-state index in [9.17, 15) is 5.11 Å². The predicted octanol–water partition coefficient (Wildman–Crippen LogP) is 4.51. The van der Waals surface area contributed by atoms with Crippen molar-refractivity contribution in [2.24, 2.45) is 0 Å². The van der Waals surface area contributed by atoms with E-state index in [4.69, 9.17) is 5.10 Å². The molecule has 1 atom stereocenters. The fourth-order valence-electron chi connectivity index (χ4n) is 5.22. The first kappa shape index (κ1) is 19.7. The van der Waals surface area contributed by atoms with Gasteiger partial charge in [-0.2, -0.15) is 0 Å². The predicted molar refractivity (Wildman–Crippen MR) is 121 cm³/mol. The maximum absolute atomic E-state index is 12.3. The molecule has 0 bridgehead atoms. The lowest BCUT2D eigenvalue weighted by Crippen LogP contribution is -2.50. The quantitative estimate of drug-likeness (QED) is 0.503. The highest BCUT2D eigenvalue weighted by molar-refractivity contribution is 5.48. The molecule has 1 N–H and O–H groups in total. The molecule has 5 rings (SSSR count). The summed E-state index contributed by atoms with van der Waals surface area (Å²) in [6.45, 7) is 6.39. The summed E-state index contributed by atoms with van der Waals surface area (Å²) in [5.74, 6) is 1.01. The molecule has 0 spiro atoms. The summed E-state index contributed by atoms with van der Waals surface area (Å²) in [6.07, 6.45) is 3.74. The standard InChI is InChI=1S/C27H28N3O/c1-19-16-20(2)26(21(3)17-19)30-18-29-24(14-15-25(29)28-30)27(31,22-10-6-4-7-11-22)23-12-8-5-9-13-23/h4-13,16-18,24,31H,14-15H2,1-3H3/q+1/t24-/m0/s1. The maximum Gasteiger partial charge on any atom is 0.278 e. The van der Waals surface area contributed by atoms with Gasteiger partial charge in [0.25, 0.3) is 5.82 Å². The Labute approximate surface area is 183 Å². The second-order valence-corrected chi connectivity index (χ2v) is 8.68. The second-order valence-electron chi connectivity index (χ2n) is 8.68. The first-order valence-corrected chi connectivity index (χ1v) is 10.9. The zero-order chi connectivity index (χ0) is 21.6. The smallest absolute Gasteiger partial charge is 0.278 e. The highest BCUT2D eigenvalue weighted by Gasteiger charge is 2.48. The van der Waals surface area contributed by atoms with Crippen LogP contribution in [0.25, 0.3) is 5.69 Å². The monoisotopic (exact) mass is 410 g/mol. The number of nitrogens with zero attached hydrogens (tertiary/aromatic N) is 3. The van der Waals surface area contributed by atoms with Crippen molar-refractivity contribution in [2.45, 2.75) is 45.3 Å². The van der Waals surface area contributed by atoms with Crippen LogP contribution in [0.2, 0.25) is 0 Å². The number of aryl methyl sites for hydroxylation is 4. The number of aromatic nitrogens is 3. The van der Waals surface area contributed by atoms with E-state index < -0.39 is 5.60 Å². The van der Waals surface area contributed by atoms with Crippen molar-refractivity contribution >= 4 is 0 Å². The van der Waals surface area contributed by atoms with Crippen LogP contribution in [0, 0.1) is 20.8 Å². The average Bonchev–Trinajstić information content (AvgIpc) is 3.35. The Morgan fingerprint density at radius 1 is 0.903 bits per heavy atom. The van der Waals surface area contributed by atoms with Crippen LogP contribution in [-0.4, -0.2) is 14.9 Å². The van der Waals surface area contributed by atoms with Crippen molar-refractivity contribution in [2.75, 3.05) is 0 Å². The van der Waals surface area contributed by atoms with Crippen LogP contribution in [0.5, 0.6) is 0 Å². The van der Waals surface area contributed by atoms with Crippen LogP contribution in [0.4, 0.5) is 0 Å². The maximum atomic E-state index is 12.3. The number of hydrogen-bond acceptors (Lipinski definition) is 2. The fourth-order valence-corrected chi connectivity index (χ4v) is 5.22. The molecule has 2 heterocycles. The van der Waals surface area contributed by atoms with Crippen LogP contribution in [-0.2, 0) is 12.0 Å². The molecule has 0 amide bonds. The van der Waals surface area contributed by atoms with Gasteiger partial charge < -0.3 is 5.11 Å². The van der Waals surface area contributed by atoms with Gasteiger partial charge in [0.2, 0.25) is 6.33 Å². The van der Waals surface area contributed by atoms with Crippen molar-refractivity contribution in [3.8, 4) is 5.69 Å². The normalized spacial score (nSPS) is 15.8. The number of fused-ring (bicyclic) bond motifs is 1. The minimum absolute atomic E-state index is 0.132. The number of hydrogen-bond donors (Lipinski definition) is 1. The molecular weight excluding hydrogens is 382 g/mol. The van der Waals surface area contributed by atoms with Gasteiger partial charge in [0, 0.05) is 11.5 Å². The first-order chi connectivity index (χ1) is 15.0. The Bertz CT molecular complexity index is 1170. The van der Waals surface area contributed by atoms with Crippen molar-refractivity contribution < 1.29 is 9.67 Å². The second kappa shape index (κ2) is 7.47. The third kappa shape index (κ3) is 3.19. The zero-order valence-electron chi connectivity index (χ0n) is 18.3. The van der Waals surface area contributed by atoms with Gasteiger partial charge in [-0.05, 0) is 49.4 Å². The average molecular weight is 411 g/mol. The minimum atomic E-state index is -1.14. The minimum Gasteiger partial charge on any atom is -0.377 e. The largest absolute Gasteiger partial charge is 0.377 e. The van der Waals surface area contributed by atoms with E-state index in [0.29, 0.717) is 0 Å². The third-order valence-electron chi connectivity index (χ3n) is 6.51. The van der Waals surface area contributed by atoms with Gasteiger partial charge in [-0.1, -0.05) is 83.0 Å². The molecule has 3 aromatic carbocycles. The lowest BCUT2D eigenvalue weighted by atomic mass is 9.79. The molecule has 0 saturated heterocycles. The number of rotatable bonds is 4. The van der Waals surface area contributed by atoms with Crippen LogP contribution in [0.1, 0.15) is 46.1 Å². The van der Waals surface area contributed by atoms with Gasteiger partial charge in [-0.25, -0.2) is 4.57 Å². The molecule has 4 aromatic rings. The SMILES string of the molecule is Cc1cc(C)c(-n2c[n+]3c(n2)CC[C@H]3C(O)(c2ccccc2)c2ccccc2)c(C)c1. The third-order valence-corrected chi connectivity index (χ3v) is 6.51. The van der Waals surface area contributed by atoms with E-state index in [0.717, 1.165) is 35.5 Å². The fraction of sp³-hybridized carbons (Fsp3) is 0.259. The van der Waals surface area contributed by atoms with Gasteiger partial charge in [-0.3, -0.25) is 0 Å². The van der Waals surface area contributed by atoms with Gasteiger partial charge in [0.05, 0.1) is 0 Å². The van der Waals surface area contributed by atoms with Crippen molar-refractivity contribution in [3.63, 3.8) is 0 Å². The Morgan fingerprint density at radius 2 is 1.45 bits per heavy atom. The summed E-state index contributed by atoms with van der Waals surface area (Å²) < 4.78 is 4.17. The molecule has 1 aromatic heterocycles. The van der Waals surface area contributed by atoms with Gasteiger partial charge >= 0.3 is 0 Å². The summed E-state index contributed by atoms with van der Waals surface area (Å²) in [6, 6.07) is 24.3. The van der Waals surface area contributed by atoms with E-state index >= 15 is 0 Å². The lowest BCUT2D eigenvalue weighted by Gasteiger charge is -2.34. The Hall–Kier alpha value is -3.24. The molecule has 1 aliphatic heterocycles. The Kier molecular flexibility index (Phi) is 4.75. The molecule has 0 saturated carbocycles. The van der Waals surface area contributed by atoms with Crippen LogP contribution >= 0.6 is 0 Å². The van der Waals surface area contributed by atoms with Gasteiger partial charge in [-0.15, -0.1) is 0 Å². The summed E-state index contributed by atoms with van der Waals surface area (Å²) >= 11 is 0. The molecule has 4 heteroatoms.